The molecule has 0 radical (unpaired) electrons. The Morgan fingerprint density at radius 1 is 1.09 bits per heavy atom. The number of piperidine rings is 1. The molecule has 3 N–H and O–H groups in total. The lowest BCUT2D eigenvalue weighted by atomic mass is 9.97. The van der Waals surface area contributed by atoms with Crippen LogP contribution >= 0.6 is 0 Å². The maximum atomic E-state index is 13.4. The van der Waals surface area contributed by atoms with Crippen molar-refractivity contribution < 1.29 is 19.1 Å². The highest BCUT2D eigenvalue weighted by molar-refractivity contribution is 5.91. The molecule has 0 spiro atoms. The van der Waals surface area contributed by atoms with E-state index in [0.29, 0.717) is 6.42 Å². The Hall–Kier alpha value is -3.03. The van der Waals surface area contributed by atoms with Gasteiger partial charge in [0.25, 0.3) is 0 Å². The number of aromatic amines is 1. The van der Waals surface area contributed by atoms with Gasteiger partial charge in [-0.2, -0.15) is 0 Å². The predicted octanol–water partition coefficient (Wildman–Crippen LogP) is 4.06. The number of H-pyrrole nitrogens is 1. The van der Waals surface area contributed by atoms with E-state index in [4.69, 9.17) is 4.74 Å². The van der Waals surface area contributed by atoms with Gasteiger partial charge >= 0.3 is 12.0 Å². The van der Waals surface area contributed by atoms with E-state index in [0.717, 1.165) is 41.4 Å². The normalized spacial score (nSPS) is 19.9. The lowest BCUT2D eigenvalue weighted by Gasteiger charge is -2.39. The molecule has 1 saturated heterocycles. The highest BCUT2D eigenvalue weighted by atomic mass is 16.5. The van der Waals surface area contributed by atoms with Crippen molar-refractivity contribution in [3.05, 3.63) is 35.5 Å². The number of benzene rings is 1. The van der Waals surface area contributed by atoms with Crippen LogP contribution < -0.4 is 10.6 Å². The first kappa shape index (κ1) is 26.6. The summed E-state index contributed by atoms with van der Waals surface area (Å²) in [5, 5.41) is 6.84. The zero-order chi connectivity index (χ0) is 25.7. The first-order valence-corrected chi connectivity index (χ1v) is 12.7. The van der Waals surface area contributed by atoms with Gasteiger partial charge in [-0.1, -0.05) is 32.0 Å². The number of urea groups is 1. The molecule has 3 rings (SSSR count). The third-order valence-corrected chi connectivity index (χ3v) is 6.99. The van der Waals surface area contributed by atoms with Gasteiger partial charge < -0.3 is 25.3 Å². The van der Waals surface area contributed by atoms with E-state index in [1.54, 1.807) is 0 Å². The third kappa shape index (κ3) is 6.35. The lowest BCUT2D eigenvalue weighted by molar-refractivity contribution is -0.145. The van der Waals surface area contributed by atoms with Gasteiger partial charge in [0.15, 0.2) is 0 Å². The Labute approximate surface area is 208 Å². The van der Waals surface area contributed by atoms with Gasteiger partial charge in [0.2, 0.25) is 5.91 Å². The molecule has 1 aliphatic rings. The van der Waals surface area contributed by atoms with Gasteiger partial charge in [0.05, 0.1) is 7.11 Å². The number of nitrogens with one attached hydrogen (secondary N) is 3. The van der Waals surface area contributed by atoms with Crippen molar-refractivity contribution in [3.63, 3.8) is 0 Å². The van der Waals surface area contributed by atoms with Gasteiger partial charge in [-0.3, -0.25) is 4.79 Å². The zero-order valence-electron chi connectivity index (χ0n) is 21.8. The molecular weight excluding hydrogens is 444 g/mol. The Morgan fingerprint density at radius 2 is 1.74 bits per heavy atom. The van der Waals surface area contributed by atoms with Crippen molar-refractivity contribution in [2.45, 2.75) is 90.9 Å². The summed E-state index contributed by atoms with van der Waals surface area (Å²) < 4.78 is 5.02. The molecule has 1 fully saturated rings. The number of likely N-dealkylation sites (tertiary alicyclic amines) is 1. The van der Waals surface area contributed by atoms with Crippen LogP contribution in [0.3, 0.4) is 0 Å². The van der Waals surface area contributed by atoms with E-state index in [1.165, 1.54) is 7.11 Å². The zero-order valence-corrected chi connectivity index (χ0v) is 21.8. The molecular formula is C27H40N4O4. The first-order valence-electron chi connectivity index (χ1n) is 12.7. The Bertz CT molecular complexity index is 1040. The number of esters is 1. The van der Waals surface area contributed by atoms with Gasteiger partial charge in [-0.25, -0.2) is 9.59 Å². The SMILES string of the molecule is COC(=O)[C@@H](Cc1c(C)[nH]c2ccccc12)NC(=O)[C@H](CC(C)C)NC(=O)N1[C@H](C)CCC[C@@H]1C. The number of aromatic nitrogens is 1. The molecule has 35 heavy (non-hydrogen) atoms. The highest BCUT2D eigenvalue weighted by Crippen LogP contribution is 2.24. The molecule has 1 aromatic carbocycles. The van der Waals surface area contributed by atoms with Crippen LogP contribution in [0.1, 0.15) is 64.6 Å². The number of carbonyl (C=O) groups is 3. The van der Waals surface area contributed by atoms with Crippen LogP contribution in [0.5, 0.6) is 0 Å². The number of aryl methyl sites for hydroxylation is 1. The molecule has 2 aromatic rings. The molecule has 0 aliphatic carbocycles. The van der Waals surface area contributed by atoms with Crippen molar-refractivity contribution in [1.29, 1.82) is 0 Å². The third-order valence-electron chi connectivity index (χ3n) is 6.99. The van der Waals surface area contributed by atoms with Gasteiger partial charge in [0.1, 0.15) is 12.1 Å². The minimum absolute atomic E-state index is 0.120. The van der Waals surface area contributed by atoms with E-state index in [2.05, 4.69) is 15.6 Å². The van der Waals surface area contributed by atoms with Crippen molar-refractivity contribution in [3.8, 4) is 0 Å². The fraction of sp³-hybridized carbons (Fsp3) is 0.593. The Kier molecular flexibility index (Phi) is 8.81. The molecule has 1 aromatic heterocycles. The summed E-state index contributed by atoms with van der Waals surface area (Å²) in [6.45, 7) is 10.1. The number of nitrogens with zero attached hydrogens (tertiary/aromatic N) is 1. The number of methoxy groups -OCH3 is 1. The number of ether oxygens (including phenoxy) is 1. The number of hydrogen-bond donors (Lipinski definition) is 3. The second-order valence-corrected chi connectivity index (χ2v) is 10.2. The summed E-state index contributed by atoms with van der Waals surface area (Å²) in [5.41, 5.74) is 2.87. The summed E-state index contributed by atoms with van der Waals surface area (Å²) in [6, 6.07) is 6.26. The van der Waals surface area contributed by atoms with E-state index < -0.39 is 18.1 Å². The number of carbonyl (C=O) groups excluding carboxylic acids is 3. The summed E-state index contributed by atoms with van der Waals surface area (Å²) in [5.74, 6) is -0.720. The molecule has 1 aliphatic heterocycles. The molecule has 0 unspecified atom stereocenters. The standard InChI is InChI=1S/C27H40N4O4/c1-16(2)14-23(30-27(34)31-17(3)10-9-11-18(31)4)25(32)29-24(26(33)35-6)15-21-19(5)28-22-13-8-7-12-20(21)22/h7-8,12-13,16-18,23-24,28H,9-11,14-15H2,1-6H3,(H,29,32)(H,30,34)/t17-,18+,23-,24+/m0/s1. The van der Waals surface area contributed by atoms with Gasteiger partial charge in [0, 0.05) is 35.1 Å². The number of hydrogen-bond acceptors (Lipinski definition) is 4. The molecule has 192 valence electrons. The fourth-order valence-electron chi connectivity index (χ4n) is 5.16. The molecule has 4 atom stereocenters. The summed E-state index contributed by atoms with van der Waals surface area (Å²) >= 11 is 0. The minimum atomic E-state index is -0.871. The lowest BCUT2D eigenvalue weighted by Crippen LogP contribution is -2.58. The van der Waals surface area contributed by atoms with Crippen LogP contribution in [0.25, 0.3) is 10.9 Å². The predicted molar refractivity (Wildman–Crippen MR) is 137 cm³/mol. The smallest absolute Gasteiger partial charge is 0.328 e. The summed E-state index contributed by atoms with van der Waals surface area (Å²) in [6.07, 6.45) is 3.75. The van der Waals surface area contributed by atoms with Crippen molar-refractivity contribution in [1.82, 2.24) is 20.5 Å². The number of amides is 3. The summed E-state index contributed by atoms with van der Waals surface area (Å²) in [4.78, 5) is 44.4. The molecule has 8 heteroatoms. The van der Waals surface area contributed by atoms with E-state index in [9.17, 15) is 14.4 Å². The van der Waals surface area contributed by atoms with Crippen LogP contribution in [-0.2, 0) is 20.7 Å². The van der Waals surface area contributed by atoms with Crippen LogP contribution in [0, 0.1) is 12.8 Å². The maximum absolute atomic E-state index is 13.4. The molecule has 0 saturated carbocycles. The topological polar surface area (TPSA) is 104 Å². The summed E-state index contributed by atoms with van der Waals surface area (Å²) in [7, 11) is 1.32. The average Bonchev–Trinajstić information content (AvgIpc) is 3.12. The second kappa shape index (κ2) is 11.6. The van der Waals surface area contributed by atoms with E-state index in [-0.39, 0.29) is 36.4 Å². The van der Waals surface area contributed by atoms with Crippen molar-refractivity contribution >= 4 is 28.8 Å². The van der Waals surface area contributed by atoms with E-state index in [1.807, 2.05) is 63.8 Å². The van der Waals surface area contributed by atoms with Crippen molar-refractivity contribution in [2.75, 3.05) is 7.11 Å². The van der Waals surface area contributed by atoms with Crippen LogP contribution in [-0.4, -0.2) is 59.1 Å². The van der Waals surface area contributed by atoms with Crippen LogP contribution in [0.4, 0.5) is 4.79 Å². The van der Waals surface area contributed by atoms with Gasteiger partial charge in [-0.15, -0.1) is 0 Å². The molecule has 8 nitrogen and oxygen atoms in total. The fourth-order valence-corrected chi connectivity index (χ4v) is 5.16. The molecule has 3 amide bonds. The molecule has 2 heterocycles. The average molecular weight is 485 g/mol. The maximum Gasteiger partial charge on any atom is 0.328 e. The Balaban J connectivity index is 1.79. The highest BCUT2D eigenvalue weighted by Gasteiger charge is 2.33. The number of para-hydroxylation sites is 1. The number of fused-ring (bicyclic) bond motifs is 1. The van der Waals surface area contributed by atoms with Crippen LogP contribution in [0.15, 0.2) is 24.3 Å². The largest absolute Gasteiger partial charge is 0.467 e. The monoisotopic (exact) mass is 484 g/mol. The van der Waals surface area contributed by atoms with Crippen molar-refractivity contribution in [2.24, 2.45) is 5.92 Å². The number of rotatable bonds is 8. The second-order valence-electron chi connectivity index (χ2n) is 10.2. The van der Waals surface area contributed by atoms with E-state index >= 15 is 0 Å². The van der Waals surface area contributed by atoms with Gasteiger partial charge in [-0.05, 0) is 64.0 Å². The first-order chi connectivity index (χ1) is 16.6. The Morgan fingerprint density at radius 3 is 2.37 bits per heavy atom. The van der Waals surface area contributed by atoms with Crippen LogP contribution in [0.2, 0.25) is 0 Å². The molecule has 0 bridgehead atoms. The quantitative estimate of drug-likeness (QED) is 0.492. The minimum Gasteiger partial charge on any atom is -0.467 e.